The molecule has 1 saturated heterocycles. The summed E-state index contributed by atoms with van der Waals surface area (Å²) in [4.78, 5) is 1.80. The van der Waals surface area contributed by atoms with Gasteiger partial charge in [-0.2, -0.15) is 0 Å². The van der Waals surface area contributed by atoms with Crippen LogP contribution in [0.2, 0.25) is 0 Å². The van der Waals surface area contributed by atoms with Crippen molar-refractivity contribution in [3.8, 4) is 0 Å². The predicted octanol–water partition coefficient (Wildman–Crippen LogP) is -1.05. The normalized spacial score (nSPS) is 30.6. The Morgan fingerprint density at radius 2 is 1.89 bits per heavy atom. The summed E-state index contributed by atoms with van der Waals surface area (Å²) in [5, 5.41) is 38.3. The first-order chi connectivity index (χ1) is 8.63. The molecule has 2 rings (SSSR count). The van der Waals surface area contributed by atoms with Gasteiger partial charge >= 0.3 is 0 Å². The minimum atomic E-state index is -1.05. The third-order valence-corrected chi connectivity index (χ3v) is 3.40. The summed E-state index contributed by atoms with van der Waals surface area (Å²) in [5.41, 5.74) is 1.04. The maximum Gasteiger partial charge on any atom is 0.0992 e. The fraction of sp³-hybridized carbons (Fsp3) is 0.538. The van der Waals surface area contributed by atoms with Gasteiger partial charge in [-0.05, 0) is 5.56 Å². The Kier molecular flexibility index (Phi) is 4.31. The van der Waals surface area contributed by atoms with Crippen LogP contribution in [-0.2, 0) is 6.54 Å². The third kappa shape index (κ3) is 2.71. The summed E-state index contributed by atoms with van der Waals surface area (Å²) in [6.45, 7) is 0.383. The number of rotatable bonds is 4. The van der Waals surface area contributed by atoms with Crippen molar-refractivity contribution in [2.45, 2.75) is 30.9 Å². The maximum atomic E-state index is 9.84. The molecule has 0 amide bonds. The van der Waals surface area contributed by atoms with E-state index in [-0.39, 0.29) is 6.54 Å². The van der Waals surface area contributed by atoms with E-state index in [9.17, 15) is 15.3 Å². The summed E-state index contributed by atoms with van der Waals surface area (Å²) in [7, 11) is 0. The first-order valence-electron chi connectivity index (χ1n) is 6.06. The number of β-amino-alcohol motifs (C(OH)–C–C–N with tert-alkyl or cyclic N) is 1. The molecule has 18 heavy (non-hydrogen) atoms. The second-order valence-electron chi connectivity index (χ2n) is 4.71. The monoisotopic (exact) mass is 253 g/mol. The highest BCUT2D eigenvalue weighted by Gasteiger charge is 2.43. The lowest BCUT2D eigenvalue weighted by atomic mass is 10.0. The lowest BCUT2D eigenvalue weighted by Gasteiger charge is -2.29. The predicted molar refractivity (Wildman–Crippen MR) is 65.7 cm³/mol. The van der Waals surface area contributed by atoms with Gasteiger partial charge in [-0.15, -0.1) is 0 Å². The van der Waals surface area contributed by atoms with Gasteiger partial charge in [-0.25, -0.2) is 0 Å². The second kappa shape index (κ2) is 5.77. The number of nitrogens with zero attached hydrogens (tertiary/aromatic N) is 1. The molecular weight excluding hydrogens is 234 g/mol. The van der Waals surface area contributed by atoms with Crippen molar-refractivity contribution in [3.63, 3.8) is 0 Å². The van der Waals surface area contributed by atoms with Crippen molar-refractivity contribution in [2.24, 2.45) is 0 Å². The number of hydrogen-bond donors (Lipinski definition) is 4. The highest BCUT2D eigenvalue weighted by atomic mass is 16.3. The molecule has 1 heterocycles. The number of likely N-dealkylation sites (tertiary alicyclic amines) is 1. The molecule has 0 saturated carbocycles. The van der Waals surface area contributed by atoms with Crippen molar-refractivity contribution >= 4 is 0 Å². The molecule has 0 radical (unpaired) electrons. The Morgan fingerprint density at radius 3 is 2.50 bits per heavy atom. The van der Waals surface area contributed by atoms with Gasteiger partial charge in [0.25, 0.3) is 0 Å². The zero-order valence-corrected chi connectivity index (χ0v) is 10.1. The van der Waals surface area contributed by atoms with Crippen LogP contribution in [0.15, 0.2) is 30.3 Å². The van der Waals surface area contributed by atoms with Gasteiger partial charge in [0.05, 0.1) is 31.0 Å². The first-order valence-corrected chi connectivity index (χ1v) is 6.06. The molecule has 1 fully saturated rings. The fourth-order valence-electron chi connectivity index (χ4n) is 2.48. The molecule has 1 aliphatic rings. The first kappa shape index (κ1) is 13.5. The van der Waals surface area contributed by atoms with E-state index in [0.717, 1.165) is 5.56 Å². The van der Waals surface area contributed by atoms with Crippen LogP contribution in [-0.4, -0.2) is 62.8 Å². The Balaban J connectivity index is 2.11. The lowest BCUT2D eigenvalue weighted by molar-refractivity contribution is -0.0317. The lowest BCUT2D eigenvalue weighted by Crippen LogP contribution is -2.46. The SMILES string of the molecule is OC[C@@H](O)[C@@H]1[C@@H](O)[C@@H](O)CN1Cc1ccccc1. The average Bonchev–Trinajstić information content (AvgIpc) is 2.65. The molecule has 1 aliphatic heterocycles. The number of benzene rings is 1. The summed E-state index contributed by atoms with van der Waals surface area (Å²) in [6.07, 6.45) is -2.98. The molecule has 5 heteroatoms. The van der Waals surface area contributed by atoms with E-state index >= 15 is 0 Å². The highest BCUT2D eigenvalue weighted by Crippen LogP contribution is 2.23. The van der Waals surface area contributed by atoms with E-state index in [4.69, 9.17) is 5.11 Å². The Morgan fingerprint density at radius 1 is 1.22 bits per heavy atom. The summed E-state index contributed by atoms with van der Waals surface area (Å²) >= 11 is 0. The molecule has 0 aliphatic carbocycles. The van der Waals surface area contributed by atoms with Crippen molar-refractivity contribution in [1.82, 2.24) is 4.90 Å². The number of hydrogen-bond acceptors (Lipinski definition) is 5. The average molecular weight is 253 g/mol. The highest BCUT2D eigenvalue weighted by molar-refractivity contribution is 5.15. The standard InChI is InChI=1S/C13H19NO4/c15-8-11(17)12-13(18)10(16)7-14(12)6-9-4-2-1-3-5-9/h1-5,10-13,15-18H,6-8H2/t10-,11+,12+,13-/m0/s1. The largest absolute Gasteiger partial charge is 0.394 e. The molecule has 100 valence electrons. The van der Waals surface area contributed by atoms with Crippen LogP contribution in [0, 0.1) is 0 Å². The minimum Gasteiger partial charge on any atom is -0.394 e. The summed E-state index contributed by atoms with van der Waals surface area (Å²) in [6, 6.07) is 8.99. The van der Waals surface area contributed by atoms with E-state index in [1.165, 1.54) is 0 Å². The molecular formula is C13H19NO4. The van der Waals surface area contributed by atoms with Gasteiger partial charge in [0.2, 0.25) is 0 Å². The smallest absolute Gasteiger partial charge is 0.0992 e. The van der Waals surface area contributed by atoms with Gasteiger partial charge in [-0.3, -0.25) is 4.90 Å². The van der Waals surface area contributed by atoms with Crippen LogP contribution >= 0.6 is 0 Å². The number of aliphatic hydroxyl groups is 4. The van der Waals surface area contributed by atoms with E-state index in [1.807, 2.05) is 30.3 Å². The minimum absolute atomic E-state index is 0.289. The van der Waals surface area contributed by atoms with Crippen LogP contribution in [0.3, 0.4) is 0 Å². The van der Waals surface area contributed by atoms with Gasteiger partial charge in [-0.1, -0.05) is 30.3 Å². The maximum absolute atomic E-state index is 9.84. The zero-order valence-electron chi connectivity index (χ0n) is 10.1. The summed E-state index contributed by atoms with van der Waals surface area (Å²) < 4.78 is 0. The van der Waals surface area contributed by atoms with Gasteiger partial charge < -0.3 is 20.4 Å². The van der Waals surface area contributed by atoms with Gasteiger partial charge in [0.1, 0.15) is 0 Å². The summed E-state index contributed by atoms with van der Waals surface area (Å²) in [5.74, 6) is 0. The Bertz CT molecular complexity index is 373. The van der Waals surface area contributed by atoms with E-state index in [1.54, 1.807) is 4.90 Å². The molecule has 1 aromatic carbocycles. The van der Waals surface area contributed by atoms with Crippen molar-refractivity contribution in [2.75, 3.05) is 13.2 Å². The van der Waals surface area contributed by atoms with E-state index in [0.29, 0.717) is 6.54 Å². The molecule has 4 N–H and O–H groups in total. The van der Waals surface area contributed by atoms with Gasteiger partial charge in [0, 0.05) is 13.1 Å². The molecule has 0 bridgehead atoms. The quantitative estimate of drug-likeness (QED) is 0.550. The van der Waals surface area contributed by atoms with Crippen molar-refractivity contribution < 1.29 is 20.4 Å². The fourth-order valence-corrected chi connectivity index (χ4v) is 2.48. The van der Waals surface area contributed by atoms with Crippen molar-refractivity contribution in [3.05, 3.63) is 35.9 Å². The molecule has 0 aromatic heterocycles. The molecule has 0 spiro atoms. The molecule has 0 unspecified atom stereocenters. The van der Waals surface area contributed by atoms with Gasteiger partial charge in [0.15, 0.2) is 0 Å². The molecule has 4 atom stereocenters. The second-order valence-corrected chi connectivity index (χ2v) is 4.71. The Labute approximate surface area is 106 Å². The Hall–Kier alpha value is -0.980. The topological polar surface area (TPSA) is 84.2 Å². The third-order valence-electron chi connectivity index (χ3n) is 3.40. The van der Waals surface area contributed by atoms with E-state index < -0.39 is 31.0 Å². The van der Waals surface area contributed by atoms with Crippen LogP contribution in [0.25, 0.3) is 0 Å². The van der Waals surface area contributed by atoms with Crippen LogP contribution in [0.5, 0.6) is 0 Å². The zero-order chi connectivity index (χ0) is 13.1. The molecule has 1 aromatic rings. The van der Waals surface area contributed by atoms with Crippen LogP contribution < -0.4 is 0 Å². The van der Waals surface area contributed by atoms with Crippen LogP contribution in [0.1, 0.15) is 5.56 Å². The van der Waals surface area contributed by atoms with Crippen molar-refractivity contribution in [1.29, 1.82) is 0 Å². The van der Waals surface area contributed by atoms with E-state index in [2.05, 4.69) is 0 Å². The van der Waals surface area contributed by atoms with Crippen LogP contribution in [0.4, 0.5) is 0 Å². The number of aliphatic hydroxyl groups excluding tert-OH is 4. The molecule has 5 nitrogen and oxygen atoms in total.